The zero-order valence-electron chi connectivity index (χ0n) is 10.2. The Morgan fingerprint density at radius 1 is 1.47 bits per heavy atom. The number of rotatable bonds is 3. The number of nitrogens with zero attached hydrogens (tertiary/aromatic N) is 1. The first-order valence-electron chi connectivity index (χ1n) is 5.75. The maximum Gasteiger partial charge on any atom is 0.258 e. The Morgan fingerprint density at radius 2 is 2.16 bits per heavy atom. The van der Waals surface area contributed by atoms with Crippen LogP contribution in [-0.4, -0.2) is 57.3 Å². The van der Waals surface area contributed by atoms with E-state index in [1.807, 2.05) is 0 Å². The van der Waals surface area contributed by atoms with Gasteiger partial charge in [-0.05, 0) is 0 Å². The lowest BCUT2D eigenvalue weighted by atomic mass is 10.1. The van der Waals surface area contributed by atoms with Crippen molar-refractivity contribution in [3.63, 3.8) is 0 Å². The number of carbonyl (C=O) groups excluding carboxylic acids is 1. The molecule has 4 N–H and O–H groups in total. The Balaban J connectivity index is 2.26. The molecule has 0 aliphatic carbocycles. The predicted octanol–water partition coefficient (Wildman–Crippen LogP) is -1.60. The summed E-state index contributed by atoms with van der Waals surface area (Å²) in [6, 6.07) is 0. The molecule has 19 heavy (non-hydrogen) atoms. The van der Waals surface area contributed by atoms with Crippen LogP contribution >= 0.6 is 0 Å². The summed E-state index contributed by atoms with van der Waals surface area (Å²) in [7, 11) is 0. The van der Waals surface area contributed by atoms with Crippen molar-refractivity contribution in [3.05, 3.63) is 36.8 Å². The summed E-state index contributed by atoms with van der Waals surface area (Å²) in [5.41, 5.74) is 0.283. The van der Waals surface area contributed by atoms with Crippen LogP contribution in [0.4, 0.5) is 0 Å². The summed E-state index contributed by atoms with van der Waals surface area (Å²) in [6.07, 6.45) is -1.47. The van der Waals surface area contributed by atoms with Gasteiger partial charge in [0.2, 0.25) is 0 Å². The van der Waals surface area contributed by atoms with Gasteiger partial charge in [0.05, 0.1) is 12.2 Å². The summed E-state index contributed by atoms with van der Waals surface area (Å²) in [4.78, 5) is 12.9. The normalized spacial score (nSPS) is 35.1. The van der Waals surface area contributed by atoms with Gasteiger partial charge in [-0.1, -0.05) is 19.2 Å². The SMILES string of the molecule is C=CC1=CN([C@@H]2O[C@H](CO)C(O)[C@@H]2O)C(=C)NC1=O. The number of hydrogen-bond acceptors (Lipinski definition) is 6. The largest absolute Gasteiger partial charge is 0.394 e. The molecule has 1 amide bonds. The minimum absolute atomic E-state index is 0.213. The molecule has 1 fully saturated rings. The minimum atomic E-state index is -1.23. The second-order valence-corrected chi connectivity index (χ2v) is 4.33. The Morgan fingerprint density at radius 3 is 2.68 bits per heavy atom. The van der Waals surface area contributed by atoms with E-state index in [4.69, 9.17) is 9.84 Å². The third-order valence-electron chi connectivity index (χ3n) is 3.12. The van der Waals surface area contributed by atoms with Crippen molar-refractivity contribution in [3.8, 4) is 0 Å². The molecule has 0 saturated carbocycles. The molecule has 1 saturated heterocycles. The Hall–Kier alpha value is -1.67. The first-order valence-corrected chi connectivity index (χ1v) is 5.75. The molecule has 104 valence electrons. The van der Waals surface area contributed by atoms with Crippen LogP contribution in [0, 0.1) is 0 Å². The number of aliphatic hydroxyl groups excluding tert-OH is 3. The van der Waals surface area contributed by atoms with Crippen LogP contribution in [-0.2, 0) is 9.53 Å². The molecule has 0 aromatic rings. The highest BCUT2D eigenvalue weighted by Gasteiger charge is 2.46. The molecule has 2 rings (SSSR count). The van der Waals surface area contributed by atoms with Crippen LogP contribution < -0.4 is 5.32 Å². The lowest BCUT2D eigenvalue weighted by molar-refractivity contribution is -0.119. The fraction of sp³-hybridized carbons (Fsp3) is 0.417. The van der Waals surface area contributed by atoms with E-state index in [1.54, 1.807) is 0 Å². The van der Waals surface area contributed by atoms with Crippen molar-refractivity contribution >= 4 is 5.91 Å². The average molecular weight is 268 g/mol. The van der Waals surface area contributed by atoms with Gasteiger partial charge >= 0.3 is 0 Å². The second kappa shape index (κ2) is 5.14. The molecular formula is C12H16N2O5. The summed E-state index contributed by atoms with van der Waals surface area (Å²) in [6.45, 7) is 6.74. The van der Waals surface area contributed by atoms with Crippen LogP contribution in [0.2, 0.25) is 0 Å². The van der Waals surface area contributed by atoms with Crippen molar-refractivity contribution in [2.45, 2.75) is 24.5 Å². The van der Waals surface area contributed by atoms with E-state index in [9.17, 15) is 15.0 Å². The van der Waals surface area contributed by atoms with E-state index >= 15 is 0 Å². The fourth-order valence-electron chi connectivity index (χ4n) is 2.04. The van der Waals surface area contributed by atoms with Crippen LogP contribution in [0.25, 0.3) is 0 Å². The number of nitrogens with one attached hydrogen (secondary N) is 1. The molecule has 4 atom stereocenters. The highest BCUT2D eigenvalue weighted by atomic mass is 16.6. The molecule has 0 radical (unpaired) electrons. The van der Waals surface area contributed by atoms with Crippen molar-refractivity contribution in [2.75, 3.05) is 6.61 Å². The first-order chi connectivity index (χ1) is 8.99. The molecular weight excluding hydrogens is 252 g/mol. The quantitative estimate of drug-likeness (QED) is 0.491. The van der Waals surface area contributed by atoms with Gasteiger partial charge in [-0.2, -0.15) is 0 Å². The van der Waals surface area contributed by atoms with E-state index in [2.05, 4.69) is 18.5 Å². The lowest BCUT2D eigenvalue weighted by Gasteiger charge is -2.33. The van der Waals surface area contributed by atoms with Crippen LogP contribution in [0.5, 0.6) is 0 Å². The fourth-order valence-corrected chi connectivity index (χ4v) is 2.04. The van der Waals surface area contributed by atoms with Crippen LogP contribution in [0.3, 0.4) is 0 Å². The van der Waals surface area contributed by atoms with Crippen LogP contribution in [0.15, 0.2) is 36.8 Å². The van der Waals surface area contributed by atoms with Gasteiger partial charge in [-0.3, -0.25) is 4.79 Å². The van der Waals surface area contributed by atoms with Gasteiger partial charge in [-0.15, -0.1) is 0 Å². The average Bonchev–Trinajstić information content (AvgIpc) is 2.67. The van der Waals surface area contributed by atoms with Gasteiger partial charge in [0, 0.05) is 6.20 Å². The molecule has 0 aromatic heterocycles. The zero-order chi connectivity index (χ0) is 14.2. The Kier molecular flexibility index (Phi) is 3.72. The predicted molar refractivity (Wildman–Crippen MR) is 65.2 cm³/mol. The van der Waals surface area contributed by atoms with E-state index in [-0.39, 0.29) is 17.3 Å². The second-order valence-electron chi connectivity index (χ2n) is 4.33. The standard InChI is InChI=1S/C12H16N2O5/c1-3-7-4-14(6(2)13-11(7)18)12-10(17)9(16)8(5-15)19-12/h3-4,8-10,12,15-17H,1-2,5H2,(H,13,18)/t8-,9?,10+,12-/m1/s1. The summed E-state index contributed by atoms with van der Waals surface area (Å²) >= 11 is 0. The number of aliphatic hydroxyl groups is 3. The minimum Gasteiger partial charge on any atom is -0.394 e. The molecule has 2 heterocycles. The third kappa shape index (κ3) is 2.28. The summed E-state index contributed by atoms with van der Waals surface area (Å²) in [5.74, 6) is -0.145. The van der Waals surface area contributed by atoms with Gasteiger partial charge < -0.3 is 30.3 Å². The lowest BCUT2D eigenvalue weighted by Crippen LogP contribution is -2.47. The highest BCUT2D eigenvalue weighted by Crippen LogP contribution is 2.28. The highest BCUT2D eigenvalue weighted by molar-refractivity contribution is 5.97. The van der Waals surface area contributed by atoms with E-state index < -0.39 is 31.1 Å². The van der Waals surface area contributed by atoms with E-state index in [0.29, 0.717) is 0 Å². The molecule has 2 aliphatic heterocycles. The third-order valence-corrected chi connectivity index (χ3v) is 3.12. The topological polar surface area (TPSA) is 102 Å². The Bertz CT molecular complexity index is 447. The van der Waals surface area contributed by atoms with Gasteiger partial charge in [0.15, 0.2) is 6.23 Å². The summed E-state index contributed by atoms with van der Waals surface area (Å²) in [5, 5.41) is 31.1. The first kappa shape index (κ1) is 13.8. The number of carbonyl (C=O) groups is 1. The van der Waals surface area contributed by atoms with Crippen molar-refractivity contribution in [1.29, 1.82) is 0 Å². The summed E-state index contributed by atoms with van der Waals surface area (Å²) < 4.78 is 5.36. The molecule has 7 heteroatoms. The van der Waals surface area contributed by atoms with Crippen molar-refractivity contribution in [2.24, 2.45) is 0 Å². The van der Waals surface area contributed by atoms with E-state index in [1.165, 1.54) is 17.2 Å². The zero-order valence-corrected chi connectivity index (χ0v) is 10.2. The maximum atomic E-state index is 11.5. The van der Waals surface area contributed by atoms with E-state index in [0.717, 1.165) is 0 Å². The smallest absolute Gasteiger partial charge is 0.258 e. The molecule has 0 bridgehead atoms. The molecule has 2 aliphatic rings. The van der Waals surface area contributed by atoms with Gasteiger partial charge in [0.25, 0.3) is 5.91 Å². The molecule has 7 nitrogen and oxygen atoms in total. The number of ether oxygens (including phenoxy) is 1. The molecule has 0 aromatic carbocycles. The maximum absolute atomic E-state index is 11.5. The van der Waals surface area contributed by atoms with Gasteiger partial charge in [0.1, 0.15) is 24.1 Å². The molecule has 1 unspecified atom stereocenters. The van der Waals surface area contributed by atoms with Crippen molar-refractivity contribution in [1.82, 2.24) is 10.2 Å². The molecule has 0 spiro atoms. The van der Waals surface area contributed by atoms with Crippen LogP contribution in [0.1, 0.15) is 0 Å². The van der Waals surface area contributed by atoms with Crippen molar-refractivity contribution < 1.29 is 24.9 Å². The number of amides is 1. The van der Waals surface area contributed by atoms with Gasteiger partial charge in [-0.25, -0.2) is 0 Å². The monoisotopic (exact) mass is 268 g/mol. The number of hydrogen-bond donors (Lipinski definition) is 4. The Labute approximate surface area is 110 Å².